The molecule has 0 aliphatic rings. The summed E-state index contributed by atoms with van der Waals surface area (Å²) in [5.41, 5.74) is -0.789. The Bertz CT molecular complexity index is 804. The number of amides is 1. The number of anilines is 1. The smallest absolute Gasteiger partial charge is 0.302 e. The Kier molecular flexibility index (Phi) is 6.94. The molecule has 0 aliphatic heterocycles. The molecule has 0 saturated carbocycles. The zero-order valence-corrected chi connectivity index (χ0v) is 16.1. The van der Waals surface area contributed by atoms with Crippen molar-refractivity contribution in [3.8, 4) is 11.3 Å². The van der Waals surface area contributed by atoms with Crippen molar-refractivity contribution in [2.45, 2.75) is 39.4 Å². The van der Waals surface area contributed by atoms with Crippen LogP contribution in [0.15, 0.2) is 18.2 Å². The number of thiazole rings is 1. The molecule has 9 heteroatoms. The monoisotopic (exact) mass is 403 g/mol. The van der Waals surface area contributed by atoms with E-state index >= 15 is 0 Å². The quantitative estimate of drug-likeness (QED) is 0.650. The van der Waals surface area contributed by atoms with Crippen molar-refractivity contribution in [1.29, 1.82) is 0 Å². The number of aromatic nitrogens is 1. The molecule has 27 heavy (non-hydrogen) atoms. The van der Waals surface area contributed by atoms with Gasteiger partial charge in [0.15, 0.2) is 5.13 Å². The molecule has 0 atom stereocenters. The number of halogens is 4. The second kappa shape index (κ2) is 8.79. The summed E-state index contributed by atoms with van der Waals surface area (Å²) in [5.74, 6) is -1.32. The lowest BCUT2D eigenvalue weighted by atomic mass is 10.1. The van der Waals surface area contributed by atoms with Crippen LogP contribution in [-0.2, 0) is 17.5 Å². The summed E-state index contributed by atoms with van der Waals surface area (Å²) in [7, 11) is 1.89. The van der Waals surface area contributed by atoms with E-state index in [9.17, 15) is 22.4 Å². The Morgan fingerprint density at radius 2 is 2.00 bits per heavy atom. The van der Waals surface area contributed by atoms with E-state index in [-0.39, 0.29) is 22.3 Å². The average molecular weight is 403 g/mol. The summed E-state index contributed by atoms with van der Waals surface area (Å²) in [4.78, 5) is 18.2. The van der Waals surface area contributed by atoms with Gasteiger partial charge in [-0.15, -0.1) is 0 Å². The van der Waals surface area contributed by atoms with E-state index in [0.29, 0.717) is 17.5 Å². The van der Waals surface area contributed by atoms with E-state index in [4.69, 9.17) is 0 Å². The SMILES string of the molecule is CCCCN(C)Cc1sc(NC(C)=O)nc1-c1cc(F)cc(C(F)(F)F)c1. The van der Waals surface area contributed by atoms with Crippen LogP contribution in [0, 0.1) is 5.82 Å². The molecular weight excluding hydrogens is 382 g/mol. The van der Waals surface area contributed by atoms with Crippen LogP contribution in [0.25, 0.3) is 11.3 Å². The number of nitrogens with zero attached hydrogens (tertiary/aromatic N) is 2. The van der Waals surface area contributed by atoms with Crippen molar-refractivity contribution < 1.29 is 22.4 Å². The van der Waals surface area contributed by atoms with Crippen molar-refractivity contribution in [2.75, 3.05) is 18.9 Å². The molecule has 1 N–H and O–H groups in total. The zero-order valence-electron chi connectivity index (χ0n) is 15.3. The number of rotatable bonds is 7. The molecule has 2 rings (SSSR count). The molecule has 0 aliphatic carbocycles. The standard InChI is InChI=1S/C18H21F4N3OS/c1-4-5-6-25(3)10-15-16(24-17(27-15)23-11(2)26)12-7-13(18(20,21)22)9-14(19)8-12/h7-9H,4-6,10H2,1-3H3,(H,23,24,26). The van der Waals surface area contributed by atoms with E-state index in [1.165, 1.54) is 18.3 Å². The molecule has 0 fully saturated rings. The second-order valence-electron chi connectivity index (χ2n) is 6.29. The second-order valence-corrected chi connectivity index (χ2v) is 7.37. The van der Waals surface area contributed by atoms with E-state index < -0.39 is 17.6 Å². The summed E-state index contributed by atoms with van der Waals surface area (Å²) < 4.78 is 52.9. The first-order valence-corrected chi connectivity index (χ1v) is 9.25. The van der Waals surface area contributed by atoms with Gasteiger partial charge in [0.25, 0.3) is 0 Å². The molecule has 4 nitrogen and oxygen atoms in total. The molecule has 148 valence electrons. The highest BCUT2D eigenvalue weighted by Gasteiger charge is 2.32. The van der Waals surface area contributed by atoms with Gasteiger partial charge >= 0.3 is 6.18 Å². The Balaban J connectivity index is 2.46. The maximum Gasteiger partial charge on any atom is 0.416 e. The molecule has 0 unspecified atom stereocenters. The minimum absolute atomic E-state index is 0.0362. The topological polar surface area (TPSA) is 45.2 Å². The van der Waals surface area contributed by atoms with Crippen molar-refractivity contribution >= 4 is 22.4 Å². The summed E-state index contributed by atoms with van der Waals surface area (Å²) in [6, 6.07) is 2.36. The normalized spacial score (nSPS) is 11.9. The van der Waals surface area contributed by atoms with Crippen LogP contribution >= 0.6 is 11.3 Å². The Labute approximate surface area is 159 Å². The van der Waals surface area contributed by atoms with Crippen molar-refractivity contribution in [3.05, 3.63) is 34.5 Å². The summed E-state index contributed by atoms with van der Waals surface area (Å²) in [6.45, 7) is 4.62. The predicted octanol–water partition coefficient (Wildman–Crippen LogP) is 5.16. The third kappa shape index (κ3) is 6.00. The molecule has 1 amide bonds. The number of nitrogens with one attached hydrogen (secondary N) is 1. The van der Waals surface area contributed by atoms with Crippen LogP contribution in [0.1, 0.15) is 37.1 Å². The fourth-order valence-corrected chi connectivity index (χ4v) is 3.64. The van der Waals surface area contributed by atoms with Crippen molar-refractivity contribution in [3.63, 3.8) is 0 Å². The first-order valence-electron chi connectivity index (χ1n) is 8.44. The molecule has 1 aromatic heterocycles. The lowest BCUT2D eigenvalue weighted by Crippen LogP contribution is -2.18. The van der Waals surface area contributed by atoms with Crippen LogP contribution < -0.4 is 5.32 Å². The van der Waals surface area contributed by atoms with E-state index in [1.54, 1.807) is 0 Å². The largest absolute Gasteiger partial charge is 0.416 e. The van der Waals surface area contributed by atoms with Gasteiger partial charge in [-0.3, -0.25) is 4.79 Å². The summed E-state index contributed by atoms with van der Waals surface area (Å²) >= 11 is 1.18. The third-order valence-corrected chi connectivity index (χ3v) is 4.74. The van der Waals surface area contributed by atoms with Gasteiger partial charge in [-0.25, -0.2) is 9.37 Å². The minimum atomic E-state index is -4.66. The number of hydrogen-bond donors (Lipinski definition) is 1. The number of hydrogen-bond acceptors (Lipinski definition) is 4. The Morgan fingerprint density at radius 3 is 2.59 bits per heavy atom. The van der Waals surface area contributed by atoms with Gasteiger partial charge in [0.2, 0.25) is 5.91 Å². The first kappa shape index (κ1) is 21.3. The van der Waals surface area contributed by atoms with Crippen LogP contribution in [-0.4, -0.2) is 29.4 Å². The fraction of sp³-hybridized carbons (Fsp3) is 0.444. The number of carbonyl (C=O) groups is 1. The van der Waals surface area contributed by atoms with Crippen molar-refractivity contribution in [2.24, 2.45) is 0 Å². The van der Waals surface area contributed by atoms with Gasteiger partial charge in [-0.1, -0.05) is 24.7 Å². The number of unbranched alkanes of at least 4 members (excludes halogenated alkanes) is 1. The molecule has 0 radical (unpaired) electrons. The fourth-order valence-electron chi connectivity index (χ4n) is 2.53. The van der Waals surface area contributed by atoms with Crippen LogP contribution in [0.3, 0.4) is 0 Å². The zero-order chi connectivity index (χ0) is 20.2. The van der Waals surface area contributed by atoms with Gasteiger partial charge in [-0.05, 0) is 38.2 Å². The van der Waals surface area contributed by atoms with Gasteiger partial charge in [0.1, 0.15) is 5.82 Å². The molecule has 0 bridgehead atoms. The molecule has 0 spiro atoms. The molecule has 0 saturated heterocycles. The van der Waals surface area contributed by atoms with Crippen LogP contribution in [0.4, 0.5) is 22.7 Å². The first-order chi connectivity index (χ1) is 12.6. The summed E-state index contributed by atoms with van der Waals surface area (Å²) in [5, 5.41) is 2.82. The molecular formula is C18H21F4N3OS. The minimum Gasteiger partial charge on any atom is -0.302 e. The predicted molar refractivity (Wildman–Crippen MR) is 98.1 cm³/mol. The maximum atomic E-state index is 13.8. The Morgan fingerprint density at radius 1 is 1.30 bits per heavy atom. The molecule has 1 heterocycles. The molecule has 2 aromatic rings. The Hall–Kier alpha value is -2.00. The van der Waals surface area contributed by atoms with Gasteiger partial charge in [0.05, 0.1) is 11.3 Å². The highest BCUT2D eigenvalue weighted by atomic mass is 32.1. The number of carbonyl (C=O) groups excluding carboxylic acids is 1. The van der Waals surface area contributed by atoms with Gasteiger partial charge in [0, 0.05) is 23.9 Å². The lowest BCUT2D eigenvalue weighted by Gasteiger charge is -2.16. The van der Waals surface area contributed by atoms with E-state index in [2.05, 4.69) is 17.2 Å². The van der Waals surface area contributed by atoms with Gasteiger partial charge in [-0.2, -0.15) is 13.2 Å². The third-order valence-electron chi connectivity index (χ3n) is 3.79. The maximum absolute atomic E-state index is 13.8. The highest BCUT2D eigenvalue weighted by molar-refractivity contribution is 7.16. The van der Waals surface area contributed by atoms with Crippen LogP contribution in [0.5, 0.6) is 0 Å². The summed E-state index contributed by atoms with van der Waals surface area (Å²) in [6.07, 6.45) is -2.68. The number of benzene rings is 1. The highest BCUT2D eigenvalue weighted by Crippen LogP contribution is 2.36. The average Bonchev–Trinajstić information content (AvgIpc) is 2.93. The number of alkyl halides is 3. The van der Waals surface area contributed by atoms with E-state index in [1.807, 2.05) is 11.9 Å². The van der Waals surface area contributed by atoms with E-state index in [0.717, 1.165) is 31.5 Å². The van der Waals surface area contributed by atoms with Crippen LogP contribution in [0.2, 0.25) is 0 Å². The van der Waals surface area contributed by atoms with Gasteiger partial charge < -0.3 is 10.2 Å². The van der Waals surface area contributed by atoms with Crippen molar-refractivity contribution in [1.82, 2.24) is 9.88 Å². The lowest BCUT2D eigenvalue weighted by molar-refractivity contribution is -0.137. The molecule has 1 aromatic carbocycles.